The number of nitrogens with two attached hydrogens (primary N) is 1. The Labute approximate surface area is 198 Å². The molecule has 1 heterocycles. The van der Waals surface area contributed by atoms with Crippen molar-refractivity contribution < 1.29 is 0 Å². The number of hydrogen-bond donors (Lipinski definition) is 3. The molecule has 5 nitrogen and oxygen atoms in total. The SMILES string of the molecule is CCCCCCCCCCCCCCCCNc1ncnc(NC2CCCCCC2)c1N. The van der Waals surface area contributed by atoms with E-state index in [1.807, 2.05) is 0 Å². The molecule has 0 amide bonds. The van der Waals surface area contributed by atoms with E-state index in [1.54, 1.807) is 6.33 Å². The van der Waals surface area contributed by atoms with Crippen LogP contribution >= 0.6 is 0 Å². The standard InChI is InChI=1S/C27H51N5/c1-2-3-4-5-6-7-8-9-10-11-12-13-16-19-22-29-26-25(28)27(31-23-30-26)32-24-20-17-14-15-18-21-24/h23-24H,2-22,28H2,1H3,(H2,29,30,31,32). The maximum Gasteiger partial charge on any atom is 0.155 e. The van der Waals surface area contributed by atoms with Crippen molar-refractivity contribution in [1.29, 1.82) is 0 Å². The molecule has 1 aromatic heterocycles. The van der Waals surface area contributed by atoms with Crippen LogP contribution in [0.15, 0.2) is 6.33 Å². The van der Waals surface area contributed by atoms with E-state index in [9.17, 15) is 0 Å². The molecule has 1 aliphatic rings. The highest BCUT2D eigenvalue weighted by Gasteiger charge is 2.15. The molecule has 1 saturated carbocycles. The van der Waals surface area contributed by atoms with Crippen LogP contribution in [0.1, 0.15) is 135 Å². The summed E-state index contributed by atoms with van der Waals surface area (Å²) in [6.45, 7) is 3.22. The van der Waals surface area contributed by atoms with Crippen molar-refractivity contribution >= 4 is 17.3 Å². The van der Waals surface area contributed by atoms with Gasteiger partial charge in [-0.25, -0.2) is 9.97 Å². The zero-order valence-corrected chi connectivity index (χ0v) is 21.0. The predicted octanol–water partition coefficient (Wildman–Crippen LogP) is 8.09. The fraction of sp³-hybridized carbons (Fsp3) is 0.852. The van der Waals surface area contributed by atoms with Crippen LogP contribution in [-0.2, 0) is 0 Å². The van der Waals surface area contributed by atoms with E-state index < -0.39 is 0 Å². The summed E-state index contributed by atoms with van der Waals surface area (Å²) in [5.41, 5.74) is 7.02. The number of unbranched alkanes of at least 4 members (excludes halogenated alkanes) is 13. The number of nitrogens with one attached hydrogen (secondary N) is 2. The van der Waals surface area contributed by atoms with Crippen LogP contribution in [0.2, 0.25) is 0 Å². The maximum atomic E-state index is 6.35. The lowest BCUT2D eigenvalue weighted by molar-refractivity contribution is 0.537. The minimum absolute atomic E-state index is 0.494. The second-order valence-electron chi connectivity index (χ2n) is 9.84. The zero-order valence-electron chi connectivity index (χ0n) is 21.0. The molecule has 0 aromatic carbocycles. The van der Waals surface area contributed by atoms with E-state index in [0.29, 0.717) is 11.7 Å². The van der Waals surface area contributed by atoms with Crippen molar-refractivity contribution in [3.8, 4) is 0 Å². The number of rotatable bonds is 18. The van der Waals surface area contributed by atoms with Gasteiger partial charge in [-0.1, -0.05) is 116 Å². The van der Waals surface area contributed by atoms with Crippen molar-refractivity contribution in [3.63, 3.8) is 0 Å². The van der Waals surface area contributed by atoms with Crippen molar-refractivity contribution in [1.82, 2.24) is 9.97 Å². The second-order valence-corrected chi connectivity index (χ2v) is 9.84. The minimum Gasteiger partial charge on any atom is -0.393 e. The Morgan fingerprint density at radius 3 is 1.78 bits per heavy atom. The van der Waals surface area contributed by atoms with Gasteiger partial charge in [0, 0.05) is 12.6 Å². The number of nitrogen functional groups attached to an aromatic ring is 1. The van der Waals surface area contributed by atoms with Crippen LogP contribution in [-0.4, -0.2) is 22.6 Å². The highest BCUT2D eigenvalue weighted by molar-refractivity contribution is 5.74. The first-order valence-corrected chi connectivity index (χ1v) is 13.9. The van der Waals surface area contributed by atoms with Gasteiger partial charge in [0.15, 0.2) is 11.6 Å². The average molecular weight is 446 g/mol. The van der Waals surface area contributed by atoms with E-state index >= 15 is 0 Å². The third-order valence-corrected chi connectivity index (χ3v) is 6.90. The molecule has 184 valence electrons. The van der Waals surface area contributed by atoms with Crippen molar-refractivity contribution in [2.45, 2.75) is 141 Å². The van der Waals surface area contributed by atoms with Crippen LogP contribution < -0.4 is 16.4 Å². The predicted molar refractivity (Wildman–Crippen MR) is 140 cm³/mol. The van der Waals surface area contributed by atoms with Gasteiger partial charge in [-0.05, 0) is 19.3 Å². The molecule has 0 saturated heterocycles. The average Bonchev–Trinajstić information content (AvgIpc) is 3.07. The summed E-state index contributed by atoms with van der Waals surface area (Å²) in [4.78, 5) is 8.76. The van der Waals surface area contributed by atoms with Crippen LogP contribution in [0.5, 0.6) is 0 Å². The van der Waals surface area contributed by atoms with Crippen molar-refractivity contribution in [2.24, 2.45) is 0 Å². The fourth-order valence-electron chi connectivity index (χ4n) is 4.79. The summed E-state index contributed by atoms with van der Waals surface area (Å²) < 4.78 is 0. The molecular formula is C27H51N5. The quantitative estimate of drug-likeness (QED) is 0.157. The summed E-state index contributed by atoms with van der Waals surface area (Å²) in [5.74, 6) is 1.58. The highest BCUT2D eigenvalue weighted by atomic mass is 15.1. The van der Waals surface area contributed by atoms with E-state index in [2.05, 4.69) is 27.5 Å². The van der Waals surface area contributed by atoms with Gasteiger partial charge in [0.2, 0.25) is 0 Å². The summed E-state index contributed by atoms with van der Waals surface area (Å²) in [6.07, 6.45) is 28.8. The molecule has 1 aliphatic carbocycles. The topological polar surface area (TPSA) is 75.9 Å². The lowest BCUT2D eigenvalue weighted by Gasteiger charge is -2.19. The molecule has 5 heteroatoms. The van der Waals surface area contributed by atoms with Gasteiger partial charge in [0.05, 0.1) is 0 Å². The first kappa shape index (κ1) is 26.7. The molecule has 1 fully saturated rings. The van der Waals surface area contributed by atoms with Crippen LogP contribution in [0.4, 0.5) is 17.3 Å². The van der Waals surface area contributed by atoms with E-state index in [-0.39, 0.29) is 0 Å². The normalized spacial score (nSPS) is 14.9. The Morgan fingerprint density at radius 2 is 1.22 bits per heavy atom. The van der Waals surface area contributed by atoms with Gasteiger partial charge in [0.25, 0.3) is 0 Å². The van der Waals surface area contributed by atoms with E-state index in [1.165, 1.54) is 128 Å². The fourth-order valence-corrected chi connectivity index (χ4v) is 4.79. The third-order valence-electron chi connectivity index (χ3n) is 6.90. The smallest absolute Gasteiger partial charge is 0.155 e. The van der Waals surface area contributed by atoms with Gasteiger partial charge in [-0.2, -0.15) is 0 Å². The molecule has 32 heavy (non-hydrogen) atoms. The Balaban J connectivity index is 1.47. The third kappa shape index (κ3) is 11.9. The number of nitrogens with zero attached hydrogens (tertiary/aromatic N) is 2. The molecule has 0 unspecified atom stereocenters. The first-order chi connectivity index (χ1) is 15.8. The van der Waals surface area contributed by atoms with Gasteiger partial charge < -0.3 is 16.4 Å². The molecule has 0 aliphatic heterocycles. The van der Waals surface area contributed by atoms with E-state index in [4.69, 9.17) is 5.73 Å². The summed E-state index contributed by atoms with van der Waals surface area (Å²) in [6, 6.07) is 0.494. The summed E-state index contributed by atoms with van der Waals surface area (Å²) in [7, 11) is 0. The molecule has 0 spiro atoms. The molecule has 0 atom stereocenters. The molecular weight excluding hydrogens is 394 g/mol. The molecule has 0 bridgehead atoms. The molecule has 0 radical (unpaired) electrons. The minimum atomic E-state index is 0.494. The monoisotopic (exact) mass is 445 g/mol. The Hall–Kier alpha value is -1.52. The van der Waals surface area contributed by atoms with Crippen LogP contribution in [0.3, 0.4) is 0 Å². The largest absolute Gasteiger partial charge is 0.393 e. The van der Waals surface area contributed by atoms with E-state index in [0.717, 1.165) is 18.2 Å². The molecule has 4 N–H and O–H groups in total. The highest BCUT2D eigenvalue weighted by Crippen LogP contribution is 2.26. The van der Waals surface area contributed by atoms with Gasteiger partial charge in [-0.3, -0.25) is 0 Å². The summed E-state index contributed by atoms with van der Waals surface area (Å²) in [5, 5.41) is 7.00. The number of anilines is 3. The Morgan fingerprint density at radius 1 is 0.719 bits per heavy atom. The second kappa shape index (κ2) is 18.0. The summed E-state index contributed by atoms with van der Waals surface area (Å²) >= 11 is 0. The van der Waals surface area contributed by atoms with Crippen molar-refractivity contribution in [3.05, 3.63) is 6.33 Å². The maximum absolute atomic E-state index is 6.35. The van der Waals surface area contributed by atoms with Crippen molar-refractivity contribution in [2.75, 3.05) is 22.9 Å². The van der Waals surface area contributed by atoms with Crippen LogP contribution in [0, 0.1) is 0 Å². The number of hydrogen-bond acceptors (Lipinski definition) is 5. The van der Waals surface area contributed by atoms with Gasteiger partial charge in [0.1, 0.15) is 12.0 Å². The molecule has 2 rings (SSSR count). The number of aromatic nitrogens is 2. The Kier molecular flexibility index (Phi) is 15.0. The zero-order chi connectivity index (χ0) is 22.7. The Bertz CT molecular complexity index is 569. The van der Waals surface area contributed by atoms with Gasteiger partial charge in [-0.15, -0.1) is 0 Å². The van der Waals surface area contributed by atoms with Crippen LogP contribution in [0.25, 0.3) is 0 Å². The van der Waals surface area contributed by atoms with Gasteiger partial charge >= 0.3 is 0 Å². The lowest BCUT2D eigenvalue weighted by atomic mass is 10.0. The molecule has 1 aromatic rings. The first-order valence-electron chi connectivity index (χ1n) is 13.9. The lowest BCUT2D eigenvalue weighted by Crippen LogP contribution is -2.20.